The lowest BCUT2D eigenvalue weighted by atomic mass is 10.5. The monoisotopic (exact) mass is 203 g/mol. The fourth-order valence-electron chi connectivity index (χ4n) is 1.53. The van der Waals surface area contributed by atoms with Gasteiger partial charge < -0.3 is 4.57 Å². The lowest BCUT2D eigenvalue weighted by Crippen LogP contribution is -2.24. The first kappa shape index (κ1) is 8.34. The van der Waals surface area contributed by atoms with Crippen LogP contribution in [-0.2, 0) is 0 Å². The van der Waals surface area contributed by atoms with E-state index in [1.807, 2.05) is 0 Å². The smallest absolute Gasteiger partial charge is 0.296 e. The van der Waals surface area contributed by atoms with E-state index in [1.54, 1.807) is 17.0 Å². The molecule has 0 unspecified atom stereocenters. The summed E-state index contributed by atoms with van der Waals surface area (Å²) < 4.78 is 3.10. The molecule has 0 bridgehead atoms. The predicted octanol–water partition coefficient (Wildman–Crippen LogP) is 0.159. The lowest BCUT2D eigenvalue weighted by Gasteiger charge is -2.04. The molecule has 1 aliphatic carbocycles. The van der Waals surface area contributed by atoms with Crippen molar-refractivity contribution in [3.8, 4) is 5.82 Å². The fraction of sp³-hybridized carbons (Fsp3) is 0.333. The molecule has 6 heteroatoms. The van der Waals surface area contributed by atoms with Gasteiger partial charge in [-0.3, -0.25) is 4.79 Å². The molecule has 1 fully saturated rings. The van der Waals surface area contributed by atoms with Crippen molar-refractivity contribution in [3.05, 3.63) is 35.4 Å². The van der Waals surface area contributed by atoms with Crippen LogP contribution in [0.4, 0.5) is 0 Å². The molecule has 0 saturated heterocycles. The third kappa shape index (κ3) is 1.34. The zero-order valence-corrected chi connectivity index (χ0v) is 7.95. The summed E-state index contributed by atoms with van der Waals surface area (Å²) in [6.45, 7) is 0. The summed E-state index contributed by atoms with van der Waals surface area (Å²) in [6.07, 6.45) is 8.34. The van der Waals surface area contributed by atoms with Gasteiger partial charge in [0, 0.05) is 18.4 Å². The van der Waals surface area contributed by atoms with E-state index >= 15 is 0 Å². The maximum absolute atomic E-state index is 12.0. The summed E-state index contributed by atoms with van der Waals surface area (Å²) in [7, 11) is 0. The first-order valence-corrected chi connectivity index (χ1v) is 4.78. The zero-order valence-electron chi connectivity index (χ0n) is 7.95. The van der Waals surface area contributed by atoms with Gasteiger partial charge in [-0.05, 0) is 12.8 Å². The van der Waals surface area contributed by atoms with Crippen molar-refractivity contribution in [2.75, 3.05) is 0 Å². The highest BCUT2D eigenvalue weighted by atomic mass is 16.1. The van der Waals surface area contributed by atoms with Crippen LogP contribution in [0.1, 0.15) is 18.9 Å². The predicted molar refractivity (Wildman–Crippen MR) is 51.7 cm³/mol. The Morgan fingerprint density at radius 1 is 1.40 bits per heavy atom. The normalized spacial score (nSPS) is 15.5. The number of rotatable bonds is 2. The van der Waals surface area contributed by atoms with Crippen LogP contribution in [0.5, 0.6) is 0 Å². The Kier molecular flexibility index (Phi) is 1.67. The van der Waals surface area contributed by atoms with E-state index in [2.05, 4.69) is 15.1 Å². The van der Waals surface area contributed by atoms with Gasteiger partial charge in [0.25, 0.3) is 5.56 Å². The summed E-state index contributed by atoms with van der Waals surface area (Å²) in [5, 5.41) is 3.90. The van der Waals surface area contributed by atoms with Crippen molar-refractivity contribution in [1.29, 1.82) is 0 Å². The van der Waals surface area contributed by atoms with Crippen LogP contribution < -0.4 is 5.56 Å². The minimum absolute atomic E-state index is 0.106. The third-order valence-corrected chi connectivity index (χ3v) is 2.43. The van der Waals surface area contributed by atoms with Gasteiger partial charge in [0.2, 0.25) is 5.82 Å². The van der Waals surface area contributed by atoms with Crippen LogP contribution in [0.15, 0.2) is 29.8 Å². The minimum atomic E-state index is -0.106. The summed E-state index contributed by atoms with van der Waals surface area (Å²) in [5.74, 6) is 0.307. The summed E-state index contributed by atoms with van der Waals surface area (Å²) >= 11 is 0. The van der Waals surface area contributed by atoms with E-state index in [0.29, 0.717) is 11.9 Å². The molecule has 2 aromatic rings. The number of aromatic nitrogens is 5. The Morgan fingerprint density at radius 2 is 2.27 bits per heavy atom. The largest absolute Gasteiger partial charge is 0.308 e. The van der Waals surface area contributed by atoms with Gasteiger partial charge in [0.15, 0.2) is 0 Å². The van der Waals surface area contributed by atoms with E-state index in [0.717, 1.165) is 12.8 Å². The SMILES string of the molecule is O=c1c(-n2cncn2)nccn1C1CC1. The lowest BCUT2D eigenvalue weighted by molar-refractivity contribution is 0.677. The maximum atomic E-state index is 12.0. The van der Waals surface area contributed by atoms with E-state index in [-0.39, 0.29) is 5.56 Å². The van der Waals surface area contributed by atoms with Crippen molar-refractivity contribution < 1.29 is 0 Å². The summed E-state index contributed by atoms with van der Waals surface area (Å²) in [4.78, 5) is 19.8. The number of hydrogen-bond donors (Lipinski definition) is 0. The van der Waals surface area contributed by atoms with Gasteiger partial charge in [-0.25, -0.2) is 9.97 Å². The molecule has 1 saturated carbocycles. The van der Waals surface area contributed by atoms with Gasteiger partial charge in [-0.2, -0.15) is 9.78 Å². The molecule has 76 valence electrons. The van der Waals surface area contributed by atoms with Crippen LogP contribution in [0.3, 0.4) is 0 Å². The first-order chi connectivity index (χ1) is 7.36. The molecule has 3 rings (SSSR count). The molecule has 0 radical (unpaired) electrons. The maximum Gasteiger partial charge on any atom is 0.296 e. The Labute approximate surface area is 85.2 Å². The molecule has 0 N–H and O–H groups in total. The average Bonchev–Trinajstić information content (AvgIpc) is 2.94. The minimum Gasteiger partial charge on any atom is -0.308 e. The third-order valence-electron chi connectivity index (χ3n) is 2.43. The highest BCUT2D eigenvalue weighted by Crippen LogP contribution is 2.33. The average molecular weight is 203 g/mol. The van der Waals surface area contributed by atoms with Gasteiger partial charge >= 0.3 is 0 Å². The van der Waals surface area contributed by atoms with Crippen molar-refractivity contribution in [2.24, 2.45) is 0 Å². The van der Waals surface area contributed by atoms with Crippen LogP contribution in [0, 0.1) is 0 Å². The fourth-order valence-corrected chi connectivity index (χ4v) is 1.53. The van der Waals surface area contributed by atoms with E-state index in [9.17, 15) is 4.79 Å². The van der Waals surface area contributed by atoms with Crippen molar-refractivity contribution >= 4 is 0 Å². The molecule has 2 aromatic heterocycles. The summed E-state index contributed by atoms with van der Waals surface area (Å²) in [5.41, 5.74) is -0.106. The number of nitrogens with zero attached hydrogens (tertiary/aromatic N) is 5. The van der Waals surface area contributed by atoms with Gasteiger partial charge in [0.05, 0.1) is 0 Å². The zero-order chi connectivity index (χ0) is 10.3. The first-order valence-electron chi connectivity index (χ1n) is 4.78. The van der Waals surface area contributed by atoms with Crippen molar-refractivity contribution in [2.45, 2.75) is 18.9 Å². The van der Waals surface area contributed by atoms with E-state index < -0.39 is 0 Å². The topological polar surface area (TPSA) is 65.6 Å². The molecule has 6 nitrogen and oxygen atoms in total. The van der Waals surface area contributed by atoms with Crippen LogP contribution in [0.25, 0.3) is 5.82 Å². The molecule has 1 aliphatic rings. The molecular weight excluding hydrogens is 194 g/mol. The van der Waals surface area contributed by atoms with E-state index in [1.165, 1.54) is 17.3 Å². The second kappa shape index (κ2) is 3.01. The second-order valence-corrected chi connectivity index (χ2v) is 3.53. The standard InChI is InChI=1S/C9H9N5O/c15-9-8(14-6-10-5-12-14)11-3-4-13(9)7-1-2-7/h3-7H,1-2H2. The second-order valence-electron chi connectivity index (χ2n) is 3.53. The van der Waals surface area contributed by atoms with Crippen LogP contribution in [-0.4, -0.2) is 24.3 Å². The quantitative estimate of drug-likeness (QED) is 0.697. The molecule has 0 amide bonds. The highest BCUT2D eigenvalue weighted by molar-refractivity contribution is 5.16. The van der Waals surface area contributed by atoms with Crippen LogP contribution in [0.2, 0.25) is 0 Å². The number of hydrogen-bond acceptors (Lipinski definition) is 4. The Bertz CT molecular complexity index is 526. The molecule has 0 aromatic carbocycles. The van der Waals surface area contributed by atoms with Gasteiger partial charge in [0.1, 0.15) is 12.7 Å². The van der Waals surface area contributed by atoms with Gasteiger partial charge in [-0.15, -0.1) is 0 Å². The molecule has 0 aliphatic heterocycles. The molecule has 0 spiro atoms. The Balaban J connectivity index is 2.16. The molecule has 0 atom stereocenters. The Morgan fingerprint density at radius 3 is 2.93 bits per heavy atom. The molecular formula is C9H9N5O. The van der Waals surface area contributed by atoms with Crippen molar-refractivity contribution in [1.82, 2.24) is 24.3 Å². The van der Waals surface area contributed by atoms with Gasteiger partial charge in [-0.1, -0.05) is 0 Å². The Hall–Kier alpha value is -1.98. The molecule has 15 heavy (non-hydrogen) atoms. The highest BCUT2D eigenvalue weighted by Gasteiger charge is 2.25. The molecule has 2 heterocycles. The van der Waals surface area contributed by atoms with Crippen LogP contribution >= 0.6 is 0 Å². The van der Waals surface area contributed by atoms with E-state index in [4.69, 9.17) is 0 Å². The summed E-state index contributed by atoms with van der Waals surface area (Å²) in [6, 6.07) is 0.350. The van der Waals surface area contributed by atoms with Crippen molar-refractivity contribution in [3.63, 3.8) is 0 Å².